The Hall–Kier alpha value is -2.11. The summed E-state index contributed by atoms with van der Waals surface area (Å²) >= 11 is 5.83. The van der Waals surface area contributed by atoms with Crippen LogP contribution < -0.4 is 10.6 Å². The number of para-hydroxylation sites is 1. The lowest BCUT2D eigenvalue weighted by Crippen LogP contribution is -2.50. The summed E-state index contributed by atoms with van der Waals surface area (Å²) < 4.78 is 14.1. The number of carbonyl (C=O) groups is 1. The van der Waals surface area contributed by atoms with Gasteiger partial charge in [-0.3, -0.25) is 4.79 Å². The average Bonchev–Trinajstić information content (AvgIpc) is 2.74. The molecule has 0 saturated carbocycles. The summed E-state index contributed by atoms with van der Waals surface area (Å²) in [6.45, 7) is 9.06. The SMILES string of the molecule is CC(C)C[C@H](N)c1ccccc1N1CCN(C(=O)[C@H](C)Cc2ccc(Cl)cc2F)CC1. The third-order valence-corrected chi connectivity index (χ3v) is 6.19. The molecule has 2 atom stereocenters. The minimum absolute atomic E-state index is 0.00477. The number of anilines is 1. The second-order valence-electron chi connectivity index (χ2n) is 8.95. The van der Waals surface area contributed by atoms with E-state index in [1.54, 1.807) is 12.1 Å². The van der Waals surface area contributed by atoms with Crippen molar-refractivity contribution in [1.82, 2.24) is 4.90 Å². The highest BCUT2D eigenvalue weighted by Gasteiger charge is 2.27. The van der Waals surface area contributed by atoms with Crippen molar-refractivity contribution in [1.29, 1.82) is 0 Å². The van der Waals surface area contributed by atoms with E-state index in [4.69, 9.17) is 17.3 Å². The average molecular weight is 446 g/mol. The predicted molar refractivity (Wildman–Crippen MR) is 126 cm³/mol. The van der Waals surface area contributed by atoms with Gasteiger partial charge in [0.05, 0.1) is 0 Å². The van der Waals surface area contributed by atoms with Gasteiger partial charge in [0.1, 0.15) is 5.82 Å². The monoisotopic (exact) mass is 445 g/mol. The Morgan fingerprint density at radius 2 is 1.77 bits per heavy atom. The summed E-state index contributed by atoms with van der Waals surface area (Å²) in [4.78, 5) is 17.2. The van der Waals surface area contributed by atoms with Crippen LogP contribution in [0.4, 0.5) is 10.1 Å². The third kappa shape index (κ3) is 5.98. The van der Waals surface area contributed by atoms with Crippen molar-refractivity contribution in [2.75, 3.05) is 31.1 Å². The molecule has 31 heavy (non-hydrogen) atoms. The van der Waals surface area contributed by atoms with E-state index in [1.807, 2.05) is 24.0 Å². The van der Waals surface area contributed by atoms with Crippen LogP contribution in [0.1, 0.15) is 44.4 Å². The Bertz CT molecular complexity index is 896. The van der Waals surface area contributed by atoms with Gasteiger partial charge in [-0.2, -0.15) is 0 Å². The standard InChI is InChI=1S/C25H33ClFN3O/c1-17(2)14-23(28)21-6-4-5-7-24(21)29-10-12-30(13-11-29)25(31)18(3)15-19-8-9-20(26)16-22(19)27/h4-9,16-18,23H,10-15,28H2,1-3H3/t18-,23+/m1/s1. The molecule has 1 heterocycles. The van der Waals surface area contributed by atoms with E-state index in [0.717, 1.165) is 19.5 Å². The summed E-state index contributed by atoms with van der Waals surface area (Å²) in [6, 6.07) is 13.0. The van der Waals surface area contributed by atoms with Gasteiger partial charge in [0, 0.05) is 48.8 Å². The maximum absolute atomic E-state index is 14.1. The van der Waals surface area contributed by atoms with Crippen LogP contribution in [-0.2, 0) is 11.2 Å². The third-order valence-electron chi connectivity index (χ3n) is 5.96. The molecule has 0 radical (unpaired) electrons. The number of hydrogen-bond acceptors (Lipinski definition) is 3. The summed E-state index contributed by atoms with van der Waals surface area (Å²) in [6.07, 6.45) is 1.31. The van der Waals surface area contributed by atoms with Crippen LogP contribution in [-0.4, -0.2) is 37.0 Å². The zero-order chi connectivity index (χ0) is 22.5. The molecule has 3 rings (SSSR count). The van der Waals surface area contributed by atoms with Crippen molar-refractivity contribution in [2.45, 2.75) is 39.7 Å². The molecule has 4 nitrogen and oxygen atoms in total. The maximum Gasteiger partial charge on any atom is 0.225 e. The lowest BCUT2D eigenvalue weighted by molar-refractivity contribution is -0.135. The highest BCUT2D eigenvalue weighted by Crippen LogP contribution is 2.29. The van der Waals surface area contributed by atoms with Crippen LogP contribution in [0.25, 0.3) is 0 Å². The van der Waals surface area contributed by atoms with Gasteiger partial charge in [-0.15, -0.1) is 0 Å². The molecule has 0 aromatic heterocycles. The van der Waals surface area contributed by atoms with Crippen LogP contribution in [0.3, 0.4) is 0 Å². The van der Waals surface area contributed by atoms with E-state index in [2.05, 4.69) is 30.9 Å². The molecule has 2 aromatic carbocycles. The predicted octanol–water partition coefficient (Wildman–Crippen LogP) is 5.05. The van der Waals surface area contributed by atoms with Gasteiger partial charge in [0.15, 0.2) is 0 Å². The Morgan fingerprint density at radius 1 is 1.10 bits per heavy atom. The Balaban J connectivity index is 1.61. The molecule has 0 spiro atoms. The summed E-state index contributed by atoms with van der Waals surface area (Å²) in [5.74, 6) is -0.0384. The van der Waals surface area contributed by atoms with Crippen molar-refractivity contribution in [3.05, 3.63) is 64.4 Å². The van der Waals surface area contributed by atoms with E-state index in [9.17, 15) is 9.18 Å². The van der Waals surface area contributed by atoms with E-state index in [1.165, 1.54) is 17.3 Å². The summed E-state index contributed by atoms with van der Waals surface area (Å²) in [7, 11) is 0. The first-order chi connectivity index (χ1) is 14.8. The van der Waals surface area contributed by atoms with E-state index in [-0.39, 0.29) is 23.7 Å². The number of nitrogens with two attached hydrogens (primary N) is 1. The van der Waals surface area contributed by atoms with Crippen molar-refractivity contribution in [2.24, 2.45) is 17.6 Å². The lowest BCUT2D eigenvalue weighted by Gasteiger charge is -2.38. The fourth-order valence-corrected chi connectivity index (χ4v) is 4.47. The van der Waals surface area contributed by atoms with Gasteiger partial charge in [-0.1, -0.05) is 56.6 Å². The highest BCUT2D eigenvalue weighted by molar-refractivity contribution is 6.30. The van der Waals surface area contributed by atoms with E-state index in [0.29, 0.717) is 36.0 Å². The minimum Gasteiger partial charge on any atom is -0.368 e. The first-order valence-corrected chi connectivity index (χ1v) is 11.5. The molecule has 0 aliphatic carbocycles. The molecule has 168 valence electrons. The number of nitrogens with zero attached hydrogens (tertiary/aromatic N) is 2. The molecule has 2 aromatic rings. The van der Waals surface area contributed by atoms with Crippen molar-refractivity contribution in [3.8, 4) is 0 Å². The lowest BCUT2D eigenvalue weighted by atomic mass is 9.95. The smallest absolute Gasteiger partial charge is 0.225 e. The number of rotatable bonds is 7. The molecule has 1 fully saturated rings. The normalized spacial score (nSPS) is 16.5. The molecule has 0 bridgehead atoms. The number of piperazine rings is 1. The zero-order valence-corrected chi connectivity index (χ0v) is 19.4. The highest BCUT2D eigenvalue weighted by atomic mass is 35.5. The molecule has 1 aliphatic heterocycles. The van der Waals surface area contributed by atoms with Gasteiger partial charge in [0.2, 0.25) is 5.91 Å². The number of carbonyl (C=O) groups excluding carboxylic acids is 1. The molecule has 2 N–H and O–H groups in total. The van der Waals surface area contributed by atoms with Crippen molar-refractivity contribution < 1.29 is 9.18 Å². The van der Waals surface area contributed by atoms with E-state index < -0.39 is 0 Å². The number of benzene rings is 2. The van der Waals surface area contributed by atoms with Gasteiger partial charge < -0.3 is 15.5 Å². The topological polar surface area (TPSA) is 49.6 Å². The minimum atomic E-state index is -0.355. The van der Waals surface area contributed by atoms with Crippen LogP contribution in [0.5, 0.6) is 0 Å². The van der Waals surface area contributed by atoms with Gasteiger partial charge in [-0.05, 0) is 48.1 Å². The van der Waals surface area contributed by atoms with Crippen molar-refractivity contribution >= 4 is 23.2 Å². The van der Waals surface area contributed by atoms with Crippen LogP contribution >= 0.6 is 11.6 Å². The second-order valence-corrected chi connectivity index (χ2v) is 9.38. The van der Waals surface area contributed by atoms with Gasteiger partial charge in [-0.25, -0.2) is 4.39 Å². The zero-order valence-electron chi connectivity index (χ0n) is 18.7. The van der Waals surface area contributed by atoms with Crippen molar-refractivity contribution in [3.63, 3.8) is 0 Å². The maximum atomic E-state index is 14.1. The summed E-state index contributed by atoms with van der Waals surface area (Å²) in [5, 5.41) is 0.366. The molecule has 1 saturated heterocycles. The van der Waals surface area contributed by atoms with Gasteiger partial charge in [0.25, 0.3) is 0 Å². The number of hydrogen-bond donors (Lipinski definition) is 1. The fraction of sp³-hybridized carbons (Fsp3) is 0.480. The number of halogens is 2. The van der Waals surface area contributed by atoms with E-state index >= 15 is 0 Å². The second kappa shape index (κ2) is 10.5. The molecular weight excluding hydrogens is 413 g/mol. The first-order valence-electron chi connectivity index (χ1n) is 11.1. The van der Waals surface area contributed by atoms with Crippen LogP contribution in [0, 0.1) is 17.7 Å². The van der Waals surface area contributed by atoms with Gasteiger partial charge >= 0.3 is 0 Å². The molecule has 0 unspecified atom stereocenters. The molecule has 1 aliphatic rings. The fourth-order valence-electron chi connectivity index (χ4n) is 4.31. The largest absolute Gasteiger partial charge is 0.368 e. The first kappa shape index (κ1) is 23.6. The van der Waals surface area contributed by atoms with Crippen LogP contribution in [0.15, 0.2) is 42.5 Å². The molecule has 6 heteroatoms. The molecule has 1 amide bonds. The van der Waals surface area contributed by atoms with Crippen LogP contribution in [0.2, 0.25) is 5.02 Å². The molecular formula is C25H33ClFN3O. The Morgan fingerprint density at radius 3 is 2.42 bits per heavy atom. The number of amides is 1. The summed E-state index contributed by atoms with van der Waals surface area (Å²) in [5.41, 5.74) is 9.34. The Labute approximate surface area is 190 Å². The Kier molecular flexibility index (Phi) is 7.95. The quantitative estimate of drug-likeness (QED) is 0.648.